The minimum Gasteiger partial charge on any atom is -0.488 e. The van der Waals surface area contributed by atoms with Gasteiger partial charge in [-0.1, -0.05) is 0 Å². The molecule has 0 spiro atoms. The number of aromatic nitrogens is 2. The zero-order chi connectivity index (χ0) is 18.6. The maximum Gasteiger partial charge on any atom is 0.341 e. The Balaban J connectivity index is 2.12. The van der Waals surface area contributed by atoms with Gasteiger partial charge >= 0.3 is 5.97 Å². The largest absolute Gasteiger partial charge is 0.488 e. The Morgan fingerprint density at radius 3 is 3.00 bits per heavy atom. The Morgan fingerprint density at radius 1 is 1.58 bits per heavy atom. The van der Waals surface area contributed by atoms with Gasteiger partial charge in [0, 0.05) is 18.1 Å². The van der Waals surface area contributed by atoms with Crippen molar-refractivity contribution >= 4 is 28.2 Å². The molecule has 0 saturated heterocycles. The maximum atomic E-state index is 14.9. The molecule has 3 aromatic rings. The molecule has 0 fully saturated rings. The van der Waals surface area contributed by atoms with E-state index in [1.54, 1.807) is 9.95 Å². The van der Waals surface area contributed by atoms with Gasteiger partial charge in [0.25, 0.3) is 0 Å². The molecule has 1 unspecified atom stereocenters. The van der Waals surface area contributed by atoms with Crippen molar-refractivity contribution in [1.29, 1.82) is 0 Å². The van der Waals surface area contributed by atoms with Gasteiger partial charge in [-0.15, -0.1) is 11.3 Å². The number of hydrogen-bond donors (Lipinski definition) is 2. The van der Waals surface area contributed by atoms with E-state index in [1.807, 2.05) is 6.92 Å². The molecule has 7 nitrogen and oxygen atoms in total. The number of carboxylic acid groups (broad SMARTS) is 1. The first kappa shape index (κ1) is 16.7. The highest BCUT2D eigenvalue weighted by atomic mass is 32.1. The smallest absolute Gasteiger partial charge is 0.341 e. The number of carbonyl (C=O) groups is 1. The third-order valence-electron chi connectivity index (χ3n) is 4.38. The molecule has 1 atom stereocenters. The lowest BCUT2D eigenvalue weighted by atomic mass is 10.0. The zero-order valence-corrected chi connectivity index (χ0v) is 14.5. The Hall–Kier alpha value is -2.78. The summed E-state index contributed by atoms with van der Waals surface area (Å²) in [5.41, 5.74) is 5.34. The molecule has 1 aliphatic rings. The summed E-state index contributed by atoms with van der Waals surface area (Å²) in [6, 6.07) is 0.847. The van der Waals surface area contributed by atoms with Crippen LogP contribution in [0.4, 0.5) is 4.39 Å². The van der Waals surface area contributed by atoms with Crippen molar-refractivity contribution in [2.45, 2.75) is 19.5 Å². The van der Waals surface area contributed by atoms with Crippen LogP contribution in [0.25, 0.3) is 22.2 Å². The molecule has 0 amide bonds. The number of benzene rings is 1. The second-order valence-corrected chi connectivity index (χ2v) is 6.98. The van der Waals surface area contributed by atoms with Gasteiger partial charge in [-0.3, -0.25) is 4.79 Å². The highest BCUT2D eigenvalue weighted by Gasteiger charge is 2.29. The molecule has 3 heterocycles. The van der Waals surface area contributed by atoms with Gasteiger partial charge in [0.2, 0.25) is 5.43 Å². The van der Waals surface area contributed by atoms with Gasteiger partial charge in [0.1, 0.15) is 23.0 Å². The molecule has 0 saturated carbocycles. The SMILES string of the molecule is CC1COc2c(-c3csc(CN)n3)c(F)cc3c(=O)c(C(=O)O)cn1c23. The summed E-state index contributed by atoms with van der Waals surface area (Å²) < 4.78 is 22.3. The molecule has 134 valence electrons. The average molecular weight is 375 g/mol. The molecule has 0 radical (unpaired) electrons. The van der Waals surface area contributed by atoms with Crippen LogP contribution in [-0.2, 0) is 6.54 Å². The van der Waals surface area contributed by atoms with Crippen molar-refractivity contribution < 1.29 is 19.0 Å². The Kier molecular flexibility index (Phi) is 3.78. The fourth-order valence-corrected chi connectivity index (χ4v) is 3.80. The molecular weight excluding hydrogens is 361 g/mol. The normalized spacial score (nSPS) is 15.9. The Morgan fingerprint density at radius 2 is 2.35 bits per heavy atom. The number of nitrogens with two attached hydrogens (primary N) is 1. The summed E-state index contributed by atoms with van der Waals surface area (Å²) in [4.78, 5) is 28.2. The highest BCUT2D eigenvalue weighted by molar-refractivity contribution is 7.09. The molecule has 0 bridgehead atoms. The zero-order valence-electron chi connectivity index (χ0n) is 13.7. The van der Waals surface area contributed by atoms with Crippen LogP contribution in [0, 0.1) is 5.82 Å². The number of aromatic carboxylic acids is 1. The Labute approximate surface area is 150 Å². The first-order chi connectivity index (χ1) is 12.4. The Bertz CT molecular complexity index is 1120. The van der Waals surface area contributed by atoms with E-state index in [0.717, 1.165) is 6.07 Å². The molecule has 9 heteroatoms. The highest BCUT2D eigenvalue weighted by Crippen LogP contribution is 2.42. The summed E-state index contributed by atoms with van der Waals surface area (Å²) in [7, 11) is 0. The maximum absolute atomic E-state index is 14.9. The molecule has 0 aliphatic carbocycles. The summed E-state index contributed by atoms with van der Waals surface area (Å²) >= 11 is 1.31. The first-order valence-corrected chi connectivity index (χ1v) is 8.72. The van der Waals surface area contributed by atoms with E-state index in [2.05, 4.69) is 4.98 Å². The average Bonchev–Trinajstić information content (AvgIpc) is 3.07. The van der Waals surface area contributed by atoms with E-state index in [1.165, 1.54) is 17.5 Å². The van der Waals surface area contributed by atoms with E-state index in [4.69, 9.17) is 10.5 Å². The van der Waals surface area contributed by atoms with Crippen molar-refractivity contribution in [3.8, 4) is 17.0 Å². The first-order valence-electron chi connectivity index (χ1n) is 7.84. The van der Waals surface area contributed by atoms with Crippen LogP contribution in [0.1, 0.15) is 28.3 Å². The molecule has 3 N–H and O–H groups in total. The molecule has 1 aliphatic heterocycles. The number of ether oxygens (including phenoxy) is 1. The number of halogens is 1. The van der Waals surface area contributed by atoms with Gasteiger partial charge in [0.15, 0.2) is 5.75 Å². The fraction of sp³-hybridized carbons (Fsp3) is 0.235. The van der Waals surface area contributed by atoms with Gasteiger partial charge in [0.05, 0.1) is 28.2 Å². The quantitative estimate of drug-likeness (QED) is 0.728. The summed E-state index contributed by atoms with van der Waals surface area (Å²) in [5.74, 6) is -1.85. The van der Waals surface area contributed by atoms with Crippen molar-refractivity contribution in [3.05, 3.63) is 44.3 Å². The second-order valence-electron chi connectivity index (χ2n) is 6.03. The number of hydrogen-bond acceptors (Lipinski definition) is 6. The molecule has 4 rings (SSSR count). The minimum absolute atomic E-state index is 0.0259. The standard InChI is InChI=1S/C17H14FN3O4S/c1-7-5-25-16-13(11-6-26-12(3-19)20-11)10(18)2-8-14(16)21(7)4-9(15(8)22)17(23)24/h2,4,6-7H,3,5,19H2,1H3,(H,23,24). The van der Waals surface area contributed by atoms with E-state index in [-0.39, 0.29) is 35.9 Å². The fourth-order valence-electron chi connectivity index (χ4n) is 3.14. The van der Waals surface area contributed by atoms with Crippen LogP contribution in [0.5, 0.6) is 5.75 Å². The van der Waals surface area contributed by atoms with Gasteiger partial charge in [-0.05, 0) is 13.0 Å². The number of pyridine rings is 1. The summed E-state index contributed by atoms with van der Waals surface area (Å²) in [5, 5.41) is 11.6. The number of nitrogens with zero attached hydrogens (tertiary/aromatic N) is 2. The topological polar surface area (TPSA) is 107 Å². The van der Waals surface area contributed by atoms with E-state index in [9.17, 15) is 19.1 Å². The third-order valence-corrected chi connectivity index (χ3v) is 5.25. The van der Waals surface area contributed by atoms with Gasteiger partial charge < -0.3 is 20.1 Å². The predicted octanol–water partition coefficient (Wildman–Crippen LogP) is 2.37. The second kappa shape index (κ2) is 5.89. The minimum atomic E-state index is -1.35. The van der Waals surface area contributed by atoms with Crippen LogP contribution >= 0.6 is 11.3 Å². The number of carboxylic acids is 1. The van der Waals surface area contributed by atoms with Crippen molar-refractivity contribution in [2.75, 3.05) is 6.61 Å². The van der Waals surface area contributed by atoms with Crippen LogP contribution < -0.4 is 15.9 Å². The van der Waals surface area contributed by atoms with Gasteiger partial charge in [-0.25, -0.2) is 14.2 Å². The van der Waals surface area contributed by atoms with Crippen LogP contribution in [0.3, 0.4) is 0 Å². The monoisotopic (exact) mass is 375 g/mol. The van der Waals surface area contributed by atoms with E-state index < -0.39 is 22.8 Å². The predicted molar refractivity (Wildman–Crippen MR) is 94.3 cm³/mol. The van der Waals surface area contributed by atoms with Crippen molar-refractivity contribution in [3.63, 3.8) is 0 Å². The number of rotatable bonds is 3. The lowest BCUT2D eigenvalue weighted by Crippen LogP contribution is -2.27. The molecular formula is C17H14FN3O4S. The summed E-state index contributed by atoms with van der Waals surface area (Å²) in [6.45, 7) is 2.28. The lowest BCUT2D eigenvalue weighted by molar-refractivity contribution is 0.0694. The third kappa shape index (κ3) is 2.31. The van der Waals surface area contributed by atoms with Crippen molar-refractivity contribution in [1.82, 2.24) is 9.55 Å². The number of thiazole rings is 1. The van der Waals surface area contributed by atoms with Crippen LogP contribution in [-0.4, -0.2) is 27.2 Å². The summed E-state index contributed by atoms with van der Waals surface area (Å²) in [6.07, 6.45) is 1.29. The molecule has 1 aromatic carbocycles. The molecule has 26 heavy (non-hydrogen) atoms. The van der Waals surface area contributed by atoms with Gasteiger partial charge in [-0.2, -0.15) is 0 Å². The lowest BCUT2D eigenvalue weighted by Gasteiger charge is -2.28. The molecule has 2 aromatic heterocycles. The van der Waals surface area contributed by atoms with E-state index in [0.29, 0.717) is 16.2 Å². The van der Waals surface area contributed by atoms with E-state index >= 15 is 0 Å². The van der Waals surface area contributed by atoms with Crippen LogP contribution in [0.15, 0.2) is 22.4 Å². The van der Waals surface area contributed by atoms with Crippen LogP contribution in [0.2, 0.25) is 0 Å². The van der Waals surface area contributed by atoms with Crippen molar-refractivity contribution in [2.24, 2.45) is 5.73 Å².